The van der Waals surface area contributed by atoms with Gasteiger partial charge in [0.05, 0.1) is 28.0 Å². The molecule has 1 fully saturated rings. The van der Waals surface area contributed by atoms with E-state index in [0.717, 1.165) is 24.3 Å². The second kappa shape index (κ2) is 8.21. The van der Waals surface area contributed by atoms with Crippen molar-refractivity contribution in [1.82, 2.24) is 15.0 Å². The first kappa shape index (κ1) is 18.2. The molecule has 0 saturated carbocycles. The summed E-state index contributed by atoms with van der Waals surface area (Å²) in [4.78, 5) is 20.3. The molecule has 1 saturated heterocycles. The topological polar surface area (TPSA) is 71.3 Å². The summed E-state index contributed by atoms with van der Waals surface area (Å²) in [6.07, 6.45) is 1.81. The van der Waals surface area contributed by atoms with Crippen molar-refractivity contribution in [3.63, 3.8) is 0 Å². The summed E-state index contributed by atoms with van der Waals surface area (Å²) < 4.78 is 5.38. The van der Waals surface area contributed by atoms with Gasteiger partial charge in [0.2, 0.25) is 17.6 Å². The number of carbonyl (C=O) groups is 1. The molecule has 1 aliphatic heterocycles. The highest BCUT2D eigenvalue weighted by molar-refractivity contribution is 7.13. The molecule has 0 bridgehead atoms. The predicted molar refractivity (Wildman–Crippen MR) is 106 cm³/mol. The van der Waals surface area contributed by atoms with Crippen LogP contribution in [-0.2, 0) is 11.3 Å². The lowest BCUT2D eigenvalue weighted by Gasteiger charge is -2.30. The molecule has 1 atom stereocenters. The van der Waals surface area contributed by atoms with E-state index in [4.69, 9.17) is 16.1 Å². The summed E-state index contributed by atoms with van der Waals surface area (Å²) in [7, 11) is 0. The fraction of sp³-hybridized carbons (Fsp3) is 0.316. The second-order valence-electron chi connectivity index (χ2n) is 6.53. The number of amides is 1. The third-order valence-corrected chi connectivity index (χ3v) is 5.77. The first-order valence-electron chi connectivity index (χ1n) is 8.83. The molecule has 6 nitrogen and oxygen atoms in total. The predicted octanol–water partition coefficient (Wildman–Crippen LogP) is 4.30. The summed E-state index contributed by atoms with van der Waals surface area (Å²) in [5, 5.41) is 9.52. The van der Waals surface area contributed by atoms with Crippen LogP contribution in [0.4, 0.5) is 5.69 Å². The smallest absolute Gasteiger partial charge is 0.241 e. The van der Waals surface area contributed by atoms with Crippen LogP contribution in [0.3, 0.4) is 0 Å². The van der Waals surface area contributed by atoms with E-state index in [1.165, 1.54) is 0 Å². The van der Waals surface area contributed by atoms with Crippen LogP contribution in [0.15, 0.2) is 46.3 Å². The Morgan fingerprint density at radius 3 is 3.04 bits per heavy atom. The van der Waals surface area contributed by atoms with Gasteiger partial charge in [-0.15, -0.1) is 11.3 Å². The highest BCUT2D eigenvalue weighted by Crippen LogP contribution is 2.25. The number of rotatable bonds is 5. The average Bonchev–Trinajstić information content (AvgIpc) is 3.35. The molecule has 1 aromatic carbocycles. The molecule has 1 aliphatic rings. The van der Waals surface area contributed by atoms with Gasteiger partial charge in [-0.3, -0.25) is 9.69 Å². The van der Waals surface area contributed by atoms with E-state index in [2.05, 4.69) is 20.4 Å². The van der Waals surface area contributed by atoms with Gasteiger partial charge in [-0.05, 0) is 43.0 Å². The van der Waals surface area contributed by atoms with E-state index < -0.39 is 0 Å². The number of piperidine rings is 1. The van der Waals surface area contributed by atoms with Gasteiger partial charge in [-0.1, -0.05) is 35.0 Å². The van der Waals surface area contributed by atoms with E-state index in [0.29, 0.717) is 35.5 Å². The Hall–Kier alpha value is -2.22. The molecule has 1 unspecified atom stereocenters. The number of thiophene rings is 1. The fourth-order valence-corrected chi connectivity index (χ4v) is 4.06. The van der Waals surface area contributed by atoms with Crippen molar-refractivity contribution in [2.45, 2.75) is 19.4 Å². The van der Waals surface area contributed by atoms with Gasteiger partial charge in [0.1, 0.15) is 0 Å². The molecule has 27 heavy (non-hydrogen) atoms. The molecule has 2 aromatic heterocycles. The summed E-state index contributed by atoms with van der Waals surface area (Å²) in [6.45, 7) is 2.12. The Balaban J connectivity index is 1.37. The molecule has 0 spiro atoms. The summed E-state index contributed by atoms with van der Waals surface area (Å²) >= 11 is 7.72. The number of nitrogens with zero attached hydrogens (tertiary/aromatic N) is 3. The zero-order valence-corrected chi connectivity index (χ0v) is 16.2. The lowest BCUT2D eigenvalue weighted by molar-refractivity contribution is -0.121. The van der Waals surface area contributed by atoms with Crippen LogP contribution in [0.2, 0.25) is 5.02 Å². The minimum Gasteiger partial charge on any atom is -0.338 e. The Bertz CT molecular complexity index is 912. The van der Waals surface area contributed by atoms with Crippen molar-refractivity contribution in [1.29, 1.82) is 0 Å². The third kappa shape index (κ3) is 4.37. The number of halogens is 1. The van der Waals surface area contributed by atoms with Crippen molar-refractivity contribution >= 4 is 34.5 Å². The van der Waals surface area contributed by atoms with Crippen LogP contribution in [0.1, 0.15) is 18.7 Å². The lowest BCUT2D eigenvalue weighted by Crippen LogP contribution is -2.40. The van der Waals surface area contributed by atoms with Gasteiger partial charge in [-0.2, -0.15) is 4.98 Å². The molecule has 1 amide bonds. The van der Waals surface area contributed by atoms with Crippen LogP contribution in [0.5, 0.6) is 0 Å². The van der Waals surface area contributed by atoms with E-state index in [1.54, 1.807) is 17.4 Å². The van der Waals surface area contributed by atoms with Gasteiger partial charge in [0, 0.05) is 6.54 Å². The largest absolute Gasteiger partial charge is 0.338 e. The zero-order valence-electron chi connectivity index (χ0n) is 14.6. The number of para-hydroxylation sites is 1. The Morgan fingerprint density at radius 1 is 1.33 bits per heavy atom. The Kier molecular flexibility index (Phi) is 5.52. The average molecular weight is 403 g/mol. The lowest BCUT2D eigenvalue weighted by atomic mass is 9.97. The molecule has 4 rings (SSSR count). The van der Waals surface area contributed by atoms with E-state index in [9.17, 15) is 4.79 Å². The summed E-state index contributed by atoms with van der Waals surface area (Å²) in [6, 6.07) is 11.2. The molecule has 8 heteroatoms. The zero-order chi connectivity index (χ0) is 18.6. The Morgan fingerprint density at radius 2 is 2.22 bits per heavy atom. The normalized spacial score (nSPS) is 17.7. The summed E-state index contributed by atoms with van der Waals surface area (Å²) in [5.41, 5.74) is 0.652. The maximum Gasteiger partial charge on any atom is 0.241 e. The minimum atomic E-state index is -0.0882. The number of likely N-dealkylation sites (tertiary alicyclic amines) is 1. The van der Waals surface area contributed by atoms with Gasteiger partial charge in [-0.25, -0.2) is 0 Å². The van der Waals surface area contributed by atoms with Crippen LogP contribution >= 0.6 is 22.9 Å². The van der Waals surface area contributed by atoms with Gasteiger partial charge >= 0.3 is 0 Å². The van der Waals surface area contributed by atoms with Crippen molar-refractivity contribution in [3.8, 4) is 10.7 Å². The molecular weight excluding hydrogens is 384 g/mol. The molecule has 0 radical (unpaired) electrons. The quantitative estimate of drug-likeness (QED) is 0.688. The highest BCUT2D eigenvalue weighted by Gasteiger charge is 2.27. The molecule has 3 heterocycles. The number of benzene rings is 1. The molecule has 0 aliphatic carbocycles. The summed E-state index contributed by atoms with van der Waals surface area (Å²) in [5.74, 6) is 1.10. The Labute approximate surface area is 166 Å². The van der Waals surface area contributed by atoms with Crippen molar-refractivity contribution in [3.05, 3.63) is 52.7 Å². The first-order chi connectivity index (χ1) is 13.2. The van der Waals surface area contributed by atoms with Gasteiger partial charge < -0.3 is 9.84 Å². The number of nitrogens with one attached hydrogen (secondary N) is 1. The number of carbonyl (C=O) groups excluding carboxylic acids is 1. The van der Waals surface area contributed by atoms with E-state index >= 15 is 0 Å². The van der Waals surface area contributed by atoms with Crippen LogP contribution < -0.4 is 5.32 Å². The van der Waals surface area contributed by atoms with Gasteiger partial charge in [0.25, 0.3) is 0 Å². The van der Waals surface area contributed by atoms with E-state index in [-0.39, 0.29) is 11.8 Å². The van der Waals surface area contributed by atoms with E-state index in [1.807, 2.05) is 35.7 Å². The standard InChI is InChI=1S/C19H19ClN4O2S/c20-14-6-1-2-7-15(14)21-19(25)13-5-3-9-24(11-13)12-17-22-18(23-26-17)16-8-4-10-27-16/h1-2,4,6-8,10,13H,3,5,9,11-12H2,(H,21,25). The van der Waals surface area contributed by atoms with Crippen molar-refractivity contribution < 1.29 is 9.32 Å². The van der Waals surface area contributed by atoms with Crippen molar-refractivity contribution in [2.75, 3.05) is 18.4 Å². The van der Waals surface area contributed by atoms with Crippen LogP contribution in [0.25, 0.3) is 10.7 Å². The second-order valence-corrected chi connectivity index (χ2v) is 7.89. The SMILES string of the molecule is O=C(Nc1ccccc1Cl)C1CCCN(Cc2nc(-c3cccs3)no2)C1. The molecule has 3 aromatic rings. The number of hydrogen-bond acceptors (Lipinski definition) is 6. The number of anilines is 1. The minimum absolute atomic E-state index is 0.00222. The number of hydrogen-bond donors (Lipinski definition) is 1. The molecule has 1 N–H and O–H groups in total. The monoisotopic (exact) mass is 402 g/mol. The highest BCUT2D eigenvalue weighted by atomic mass is 35.5. The van der Waals surface area contributed by atoms with Crippen LogP contribution in [-0.4, -0.2) is 34.0 Å². The van der Waals surface area contributed by atoms with Crippen LogP contribution in [0, 0.1) is 5.92 Å². The van der Waals surface area contributed by atoms with Crippen molar-refractivity contribution in [2.24, 2.45) is 5.92 Å². The number of aromatic nitrogens is 2. The fourth-order valence-electron chi connectivity index (χ4n) is 3.23. The first-order valence-corrected chi connectivity index (χ1v) is 10.1. The van der Waals surface area contributed by atoms with Gasteiger partial charge in [0.15, 0.2) is 0 Å². The third-order valence-electron chi connectivity index (χ3n) is 4.58. The molecular formula is C19H19ClN4O2S. The maximum absolute atomic E-state index is 12.6. The molecule has 140 valence electrons. The maximum atomic E-state index is 12.6.